The number of pyridine rings is 1. The zero-order valence-electron chi connectivity index (χ0n) is 15.0. The van der Waals surface area contributed by atoms with Crippen molar-refractivity contribution in [1.29, 1.82) is 0 Å². The number of nitrogens with zero attached hydrogens (tertiary/aromatic N) is 2. The first-order chi connectivity index (χ1) is 12.5. The van der Waals surface area contributed by atoms with Crippen molar-refractivity contribution in [2.45, 2.75) is 39.2 Å². The lowest BCUT2D eigenvalue weighted by atomic mass is 9.99. The van der Waals surface area contributed by atoms with Crippen molar-refractivity contribution >= 4 is 17.6 Å². The second-order valence-corrected chi connectivity index (χ2v) is 6.75. The van der Waals surface area contributed by atoms with Gasteiger partial charge in [0.25, 0.3) is 5.91 Å². The molecule has 1 saturated heterocycles. The van der Waals surface area contributed by atoms with E-state index in [0.717, 1.165) is 24.0 Å². The number of likely N-dealkylation sites (tertiary alicyclic amines) is 1. The van der Waals surface area contributed by atoms with Crippen LogP contribution in [0.25, 0.3) is 0 Å². The van der Waals surface area contributed by atoms with E-state index in [-0.39, 0.29) is 23.4 Å². The van der Waals surface area contributed by atoms with Crippen molar-refractivity contribution in [3.63, 3.8) is 0 Å². The number of piperidine rings is 1. The van der Waals surface area contributed by atoms with Crippen LogP contribution in [0, 0.1) is 13.8 Å². The molecule has 1 aliphatic rings. The van der Waals surface area contributed by atoms with E-state index in [4.69, 9.17) is 0 Å². The lowest BCUT2D eigenvalue weighted by Gasteiger charge is -2.34. The maximum atomic E-state index is 13.0. The summed E-state index contributed by atoms with van der Waals surface area (Å²) in [4.78, 5) is 31.4. The molecule has 1 aliphatic heterocycles. The van der Waals surface area contributed by atoms with Gasteiger partial charge in [-0.05, 0) is 57.4 Å². The zero-order chi connectivity index (χ0) is 18.7. The van der Waals surface area contributed by atoms with E-state index in [1.165, 1.54) is 12.3 Å². The largest absolute Gasteiger partial charge is 0.504 e. The normalized spacial score (nSPS) is 17.0. The summed E-state index contributed by atoms with van der Waals surface area (Å²) in [6, 6.07) is 8.19. The minimum absolute atomic E-state index is 0.0937. The van der Waals surface area contributed by atoms with Crippen LogP contribution in [0.3, 0.4) is 0 Å². The first kappa shape index (κ1) is 17.9. The molecule has 2 aromatic rings. The van der Waals surface area contributed by atoms with Gasteiger partial charge in [0.2, 0.25) is 5.91 Å². The van der Waals surface area contributed by atoms with Gasteiger partial charge in [-0.1, -0.05) is 17.2 Å². The Kier molecular flexibility index (Phi) is 5.21. The van der Waals surface area contributed by atoms with Crippen LogP contribution in [0.1, 0.15) is 40.7 Å². The zero-order valence-corrected chi connectivity index (χ0v) is 15.0. The summed E-state index contributed by atoms with van der Waals surface area (Å²) in [7, 11) is 0. The smallest absolute Gasteiger partial charge is 0.254 e. The van der Waals surface area contributed by atoms with E-state index < -0.39 is 6.04 Å². The molecular formula is C20H23N3O3. The summed E-state index contributed by atoms with van der Waals surface area (Å²) in [5.41, 5.74) is 2.64. The summed E-state index contributed by atoms with van der Waals surface area (Å²) in [5, 5.41) is 12.5. The Morgan fingerprint density at radius 3 is 2.62 bits per heavy atom. The number of nitrogens with one attached hydrogen (secondary N) is 1. The van der Waals surface area contributed by atoms with E-state index in [1.54, 1.807) is 11.0 Å². The number of benzene rings is 1. The number of amides is 2. The summed E-state index contributed by atoms with van der Waals surface area (Å²) in [6.45, 7) is 4.44. The number of carbonyl (C=O) groups is 2. The molecule has 1 unspecified atom stereocenters. The van der Waals surface area contributed by atoms with Crippen LogP contribution < -0.4 is 5.32 Å². The molecule has 1 fully saturated rings. The Balaban J connectivity index is 1.82. The third-order valence-corrected chi connectivity index (χ3v) is 4.56. The van der Waals surface area contributed by atoms with Crippen molar-refractivity contribution in [2.75, 3.05) is 11.9 Å². The van der Waals surface area contributed by atoms with Crippen molar-refractivity contribution in [3.05, 3.63) is 53.2 Å². The molecule has 26 heavy (non-hydrogen) atoms. The predicted octanol–water partition coefficient (Wildman–Crippen LogP) is 3.04. The molecule has 1 aromatic carbocycles. The Morgan fingerprint density at radius 2 is 1.92 bits per heavy atom. The van der Waals surface area contributed by atoms with Crippen LogP contribution in [0.5, 0.6) is 5.75 Å². The molecule has 2 amide bonds. The average molecular weight is 353 g/mol. The van der Waals surface area contributed by atoms with Gasteiger partial charge in [-0.15, -0.1) is 0 Å². The van der Waals surface area contributed by atoms with Gasteiger partial charge in [-0.2, -0.15) is 0 Å². The number of hydrogen-bond donors (Lipinski definition) is 2. The van der Waals surface area contributed by atoms with Crippen molar-refractivity contribution < 1.29 is 14.7 Å². The Morgan fingerprint density at radius 1 is 1.19 bits per heavy atom. The molecule has 3 rings (SSSR count). The summed E-state index contributed by atoms with van der Waals surface area (Å²) < 4.78 is 0. The van der Waals surface area contributed by atoms with E-state index in [0.29, 0.717) is 18.5 Å². The highest BCUT2D eigenvalue weighted by Crippen LogP contribution is 2.24. The number of anilines is 1. The summed E-state index contributed by atoms with van der Waals surface area (Å²) >= 11 is 0. The average Bonchev–Trinajstić information content (AvgIpc) is 2.62. The Bertz CT molecular complexity index is 815. The standard InChI is InChI=1S/C20H23N3O3/c1-13-10-14(2)12-15(11-13)20(26)23-9-4-3-6-16(23)19(25)22-18-17(24)7-5-8-21-18/h5,7-8,10-12,16,24H,3-4,6,9H2,1-2H3,(H,21,22,25). The highest BCUT2D eigenvalue weighted by Gasteiger charge is 2.33. The van der Waals surface area contributed by atoms with Crippen molar-refractivity contribution in [2.24, 2.45) is 0 Å². The molecular weight excluding hydrogens is 330 g/mol. The SMILES string of the molecule is Cc1cc(C)cc(C(=O)N2CCCCC2C(=O)Nc2ncccc2O)c1. The maximum absolute atomic E-state index is 13.0. The van der Waals surface area contributed by atoms with Gasteiger partial charge in [-0.3, -0.25) is 9.59 Å². The van der Waals surface area contributed by atoms with Crippen LogP contribution in [-0.4, -0.2) is 39.4 Å². The second-order valence-electron chi connectivity index (χ2n) is 6.75. The third kappa shape index (κ3) is 3.85. The van der Waals surface area contributed by atoms with E-state index in [2.05, 4.69) is 10.3 Å². The minimum atomic E-state index is -0.571. The third-order valence-electron chi connectivity index (χ3n) is 4.56. The highest BCUT2D eigenvalue weighted by molar-refractivity contribution is 6.01. The fourth-order valence-electron chi connectivity index (χ4n) is 3.40. The molecule has 0 radical (unpaired) electrons. The molecule has 2 N–H and O–H groups in total. The van der Waals surface area contributed by atoms with Gasteiger partial charge in [0, 0.05) is 18.3 Å². The molecule has 6 heteroatoms. The van der Waals surface area contributed by atoms with Gasteiger partial charge < -0.3 is 15.3 Å². The maximum Gasteiger partial charge on any atom is 0.254 e. The molecule has 0 bridgehead atoms. The monoisotopic (exact) mass is 353 g/mol. The van der Waals surface area contributed by atoms with Crippen molar-refractivity contribution in [3.8, 4) is 5.75 Å². The van der Waals surface area contributed by atoms with Gasteiger partial charge in [-0.25, -0.2) is 4.98 Å². The number of aryl methyl sites for hydroxylation is 2. The van der Waals surface area contributed by atoms with Gasteiger partial charge >= 0.3 is 0 Å². The second kappa shape index (κ2) is 7.56. The fraction of sp³-hybridized carbons (Fsp3) is 0.350. The number of aromatic nitrogens is 1. The van der Waals surface area contributed by atoms with Crippen molar-refractivity contribution in [1.82, 2.24) is 9.88 Å². The number of rotatable bonds is 3. The topological polar surface area (TPSA) is 82.5 Å². The molecule has 2 heterocycles. The molecule has 0 aliphatic carbocycles. The molecule has 1 atom stereocenters. The molecule has 1 aromatic heterocycles. The molecule has 6 nitrogen and oxygen atoms in total. The first-order valence-corrected chi connectivity index (χ1v) is 8.80. The lowest BCUT2D eigenvalue weighted by Crippen LogP contribution is -2.50. The predicted molar refractivity (Wildman–Crippen MR) is 99.1 cm³/mol. The highest BCUT2D eigenvalue weighted by atomic mass is 16.3. The number of hydrogen-bond acceptors (Lipinski definition) is 4. The van der Waals surface area contributed by atoms with Gasteiger partial charge in [0.05, 0.1) is 0 Å². The summed E-state index contributed by atoms with van der Waals surface area (Å²) in [5.74, 6) is -0.441. The minimum Gasteiger partial charge on any atom is -0.504 e. The van der Waals surface area contributed by atoms with Crippen LogP contribution >= 0.6 is 0 Å². The van der Waals surface area contributed by atoms with Crippen LogP contribution in [0.15, 0.2) is 36.5 Å². The van der Waals surface area contributed by atoms with Crippen LogP contribution in [-0.2, 0) is 4.79 Å². The molecule has 136 valence electrons. The Hall–Kier alpha value is -2.89. The number of carbonyl (C=O) groups excluding carboxylic acids is 2. The van der Waals surface area contributed by atoms with E-state index in [9.17, 15) is 14.7 Å². The first-order valence-electron chi connectivity index (χ1n) is 8.80. The molecule has 0 saturated carbocycles. The van der Waals surface area contributed by atoms with Gasteiger partial charge in [0.15, 0.2) is 11.6 Å². The number of aromatic hydroxyl groups is 1. The van der Waals surface area contributed by atoms with E-state index in [1.807, 2.05) is 32.0 Å². The van der Waals surface area contributed by atoms with E-state index >= 15 is 0 Å². The summed E-state index contributed by atoms with van der Waals surface area (Å²) in [6.07, 6.45) is 3.84. The van der Waals surface area contributed by atoms with Crippen LogP contribution in [0.2, 0.25) is 0 Å². The van der Waals surface area contributed by atoms with Gasteiger partial charge in [0.1, 0.15) is 6.04 Å². The van der Waals surface area contributed by atoms with Crippen LogP contribution in [0.4, 0.5) is 5.82 Å². The molecule has 0 spiro atoms. The lowest BCUT2D eigenvalue weighted by molar-refractivity contribution is -0.121. The fourth-order valence-corrected chi connectivity index (χ4v) is 3.40. The quantitative estimate of drug-likeness (QED) is 0.888. The Labute approximate surface area is 152 Å².